The number of hydrogen-bond acceptors (Lipinski definition) is 2. The van der Waals surface area contributed by atoms with Gasteiger partial charge in [0, 0.05) is 7.05 Å². The second-order valence-corrected chi connectivity index (χ2v) is 5.29. The summed E-state index contributed by atoms with van der Waals surface area (Å²) in [5, 5.41) is 2.05. The molecule has 8 heteroatoms. The van der Waals surface area contributed by atoms with Crippen molar-refractivity contribution >= 4 is 17.5 Å². The second kappa shape index (κ2) is 7.78. The van der Waals surface area contributed by atoms with Crippen LogP contribution in [0.15, 0.2) is 36.4 Å². The van der Waals surface area contributed by atoms with Gasteiger partial charge < -0.3 is 10.2 Å². The minimum atomic E-state index is -1.71. The summed E-state index contributed by atoms with van der Waals surface area (Å²) in [5.74, 6) is -6.51. The number of carbonyl (C=O) groups is 2. The molecule has 0 aliphatic heterocycles. The number of rotatable bonds is 5. The van der Waals surface area contributed by atoms with Gasteiger partial charge in [0.15, 0.2) is 17.5 Å². The van der Waals surface area contributed by atoms with Crippen LogP contribution in [0.5, 0.6) is 0 Å². The number of nitrogens with one attached hydrogen (secondary N) is 1. The van der Waals surface area contributed by atoms with Gasteiger partial charge in [-0.15, -0.1) is 0 Å². The first-order chi connectivity index (χ1) is 11.8. The van der Waals surface area contributed by atoms with Crippen LogP contribution in [0, 0.1) is 23.3 Å². The third-order valence-electron chi connectivity index (χ3n) is 3.42. The topological polar surface area (TPSA) is 49.4 Å². The van der Waals surface area contributed by atoms with E-state index in [1.165, 1.54) is 25.2 Å². The fourth-order valence-electron chi connectivity index (χ4n) is 2.06. The van der Waals surface area contributed by atoms with E-state index < -0.39 is 47.3 Å². The molecule has 0 saturated carbocycles. The Kier molecular flexibility index (Phi) is 5.74. The monoisotopic (exact) mass is 354 g/mol. The van der Waals surface area contributed by atoms with E-state index in [4.69, 9.17) is 0 Å². The largest absolute Gasteiger partial charge is 0.336 e. The molecule has 0 aromatic heterocycles. The van der Waals surface area contributed by atoms with Gasteiger partial charge in [-0.25, -0.2) is 17.6 Å². The van der Waals surface area contributed by atoms with Crippen molar-refractivity contribution in [1.29, 1.82) is 0 Å². The van der Waals surface area contributed by atoms with Crippen LogP contribution in [0.4, 0.5) is 23.2 Å². The standard InChI is InChI=1S/C17H14F4N2O2/c1-23(15(25)8-10-4-2-3-5-11(10)18)9-14(24)22-13-7-6-12(19)16(20)17(13)21/h2-7H,8-9H2,1H3,(H,22,24). The van der Waals surface area contributed by atoms with E-state index in [0.29, 0.717) is 6.07 Å². The molecule has 0 saturated heterocycles. The summed E-state index contributed by atoms with van der Waals surface area (Å²) in [6.07, 6.45) is -0.254. The fourth-order valence-corrected chi connectivity index (χ4v) is 2.06. The van der Waals surface area contributed by atoms with Crippen molar-refractivity contribution in [1.82, 2.24) is 4.90 Å². The van der Waals surface area contributed by atoms with E-state index in [1.54, 1.807) is 6.07 Å². The average Bonchev–Trinajstić information content (AvgIpc) is 2.57. The second-order valence-electron chi connectivity index (χ2n) is 5.29. The van der Waals surface area contributed by atoms with Crippen LogP contribution < -0.4 is 5.32 Å². The lowest BCUT2D eigenvalue weighted by Crippen LogP contribution is -2.36. The molecule has 2 aromatic rings. The highest BCUT2D eigenvalue weighted by atomic mass is 19.2. The van der Waals surface area contributed by atoms with Crippen molar-refractivity contribution in [2.45, 2.75) is 6.42 Å². The Morgan fingerprint density at radius 3 is 2.32 bits per heavy atom. The molecule has 132 valence electrons. The van der Waals surface area contributed by atoms with E-state index >= 15 is 0 Å². The molecule has 0 radical (unpaired) electrons. The SMILES string of the molecule is CN(CC(=O)Nc1ccc(F)c(F)c1F)C(=O)Cc1ccccc1F. The normalized spacial score (nSPS) is 10.4. The number of nitrogens with zero attached hydrogens (tertiary/aromatic N) is 1. The minimum Gasteiger partial charge on any atom is -0.336 e. The summed E-state index contributed by atoms with van der Waals surface area (Å²) < 4.78 is 53.0. The molecule has 1 N–H and O–H groups in total. The van der Waals surface area contributed by atoms with E-state index in [2.05, 4.69) is 5.32 Å². The van der Waals surface area contributed by atoms with E-state index in [-0.39, 0.29) is 12.0 Å². The maximum atomic E-state index is 13.5. The molecule has 4 nitrogen and oxygen atoms in total. The van der Waals surface area contributed by atoms with Crippen LogP contribution in [0.3, 0.4) is 0 Å². The van der Waals surface area contributed by atoms with Crippen molar-refractivity contribution in [2.24, 2.45) is 0 Å². The zero-order chi connectivity index (χ0) is 18.6. The predicted molar refractivity (Wildman–Crippen MR) is 82.7 cm³/mol. The molecule has 2 aromatic carbocycles. The smallest absolute Gasteiger partial charge is 0.244 e. The maximum absolute atomic E-state index is 13.5. The van der Waals surface area contributed by atoms with Crippen LogP contribution in [-0.2, 0) is 16.0 Å². The average molecular weight is 354 g/mol. The number of benzene rings is 2. The maximum Gasteiger partial charge on any atom is 0.244 e. The van der Waals surface area contributed by atoms with E-state index in [0.717, 1.165) is 11.0 Å². The molecule has 0 heterocycles. The molecule has 2 rings (SSSR count). The predicted octanol–water partition coefficient (Wildman–Crippen LogP) is 2.88. The third kappa shape index (κ3) is 4.56. The molecule has 0 spiro atoms. The fraction of sp³-hybridized carbons (Fsp3) is 0.176. The molecule has 0 atom stereocenters. The summed E-state index contributed by atoms with van der Waals surface area (Å²) in [4.78, 5) is 24.9. The zero-order valence-corrected chi connectivity index (χ0v) is 13.2. The number of anilines is 1. The van der Waals surface area contributed by atoms with Gasteiger partial charge in [-0.05, 0) is 23.8 Å². The van der Waals surface area contributed by atoms with Gasteiger partial charge in [0.25, 0.3) is 0 Å². The summed E-state index contributed by atoms with van der Waals surface area (Å²) >= 11 is 0. The van der Waals surface area contributed by atoms with Gasteiger partial charge in [-0.1, -0.05) is 18.2 Å². The first-order valence-corrected chi connectivity index (χ1v) is 7.20. The highest BCUT2D eigenvalue weighted by Crippen LogP contribution is 2.19. The molecule has 25 heavy (non-hydrogen) atoms. The summed E-state index contributed by atoms with van der Waals surface area (Å²) in [6, 6.07) is 7.24. The van der Waals surface area contributed by atoms with Crippen LogP contribution in [-0.4, -0.2) is 30.3 Å². The number of amides is 2. The Balaban J connectivity index is 1.97. The first-order valence-electron chi connectivity index (χ1n) is 7.20. The van der Waals surface area contributed by atoms with Gasteiger partial charge in [-0.2, -0.15) is 0 Å². The van der Waals surface area contributed by atoms with Gasteiger partial charge in [0.05, 0.1) is 18.7 Å². The Morgan fingerprint density at radius 1 is 0.960 bits per heavy atom. The van der Waals surface area contributed by atoms with Crippen LogP contribution in [0.25, 0.3) is 0 Å². The van der Waals surface area contributed by atoms with Crippen molar-refractivity contribution in [2.75, 3.05) is 18.9 Å². The van der Waals surface area contributed by atoms with Crippen LogP contribution in [0.1, 0.15) is 5.56 Å². The molecule has 0 unspecified atom stereocenters. The molecular weight excluding hydrogens is 340 g/mol. The quantitative estimate of drug-likeness (QED) is 0.663. The highest BCUT2D eigenvalue weighted by molar-refractivity contribution is 5.94. The first kappa shape index (κ1) is 18.4. The third-order valence-corrected chi connectivity index (χ3v) is 3.42. The Morgan fingerprint density at radius 2 is 1.64 bits per heavy atom. The Hall–Kier alpha value is -2.90. The van der Waals surface area contributed by atoms with Crippen molar-refractivity contribution in [3.8, 4) is 0 Å². The van der Waals surface area contributed by atoms with Gasteiger partial charge in [-0.3, -0.25) is 9.59 Å². The van der Waals surface area contributed by atoms with Crippen LogP contribution >= 0.6 is 0 Å². The number of halogens is 4. The minimum absolute atomic E-state index is 0.173. The van der Waals surface area contributed by atoms with E-state index in [9.17, 15) is 27.2 Å². The molecule has 2 amide bonds. The van der Waals surface area contributed by atoms with Crippen molar-refractivity contribution in [3.63, 3.8) is 0 Å². The zero-order valence-electron chi connectivity index (χ0n) is 13.2. The molecule has 0 bridgehead atoms. The molecule has 0 aliphatic rings. The van der Waals surface area contributed by atoms with Crippen molar-refractivity contribution < 1.29 is 27.2 Å². The lowest BCUT2D eigenvalue weighted by atomic mass is 10.1. The number of carbonyl (C=O) groups excluding carboxylic acids is 2. The van der Waals surface area contributed by atoms with Crippen molar-refractivity contribution in [3.05, 3.63) is 65.2 Å². The molecule has 0 fully saturated rings. The molecule has 0 aliphatic carbocycles. The Labute approximate surface area is 141 Å². The molecular formula is C17H14F4N2O2. The summed E-state index contributed by atoms with van der Waals surface area (Å²) in [5.41, 5.74) is -0.370. The van der Waals surface area contributed by atoms with Gasteiger partial charge in [0.2, 0.25) is 11.8 Å². The lowest BCUT2D eigenvalue weighted by molar-refractivity contribution is -0.132. The Bertz CT molecular complexity index is 811. The lowest BCUT2D eigenvalue weighted by Gasteiger charge is -2.17. The highest BCUT2D eigenvalue weighted by Gasteiger charge is 2.18. The number of hydrogen-bond donors (Lipinski definition) is 1. The van der Waals surface area contributed by atoms with E-state index in [1.807, 2.05) is 0 Å². The summed E-state index contributed by atoms with van der Waals surface area (Å²) in [7, 11) is 1.31. The van der Waals surface area contributed by atoms with Crippen LogP contribution in [0.2, 0.25) is 0 Å². The summed E-state index contributed by atoms with van der Waals surface area (Å²) in [6.45, 7) is -0.467. The van der Waals surface area contributed by atoms with Gasteiger partial charge in [0.1, 0.15) is 5.82 Å². The number of likely N-dealkylation sites (N-methyl/N-ethyl adjacent to an activating group) is 1. The van der Waals surface area contributed by atoms with Gasteiger partial charge >= 0.3 is 0 Å².